The Balaban J connectivity index is 2.42. The summed E-state index contributed by atoms with van der Waals surface area (Å²) in [5, 5.41) is 18.4. The lowest BCUT2D eigenvalue weighted by molar-refractivity contribution is 0.118. The molecule has 3 nitrogen and oxygen atoms in total. The van der Waals surface area contributed by atoms with Gasteiger partial charge in [0.15, 0.2) is 0 Å². The van der Waals surface area contributed by atoms with E-state index in [1.54, 1.807) is 12.1 Å². The smallest absolute Gasteiger partial charge is 0.119 e. The molecule has 0 spiro atoms. The molecular weight excluding hydrogens is 180 g/mol. The van der Waals surface area contributed by atoms with Gasteiger partial charge in [-0.05, 0) is 24.1 Å². The first kappa shape index (κ1) is 10.9. The van der Waals surface area contributed by atoms with E-state index in [-0.39, 0.29) is 11.5 Å². The Morgan fingerprint density at radius 2 is 1.79 bits per heavy atom. The molecule has 0 unspecified atom stereocenters. The first-order valence-electron chi connectivity index (χ1n) is 4.82. The van der Waals surface area contributed by atoms with Crippen LogP contribution in [-0.4, -0.2) is 16.8 Å². The lowest BCUT2D eigenvalue weighted by atomic mass is 10.2. The van der Waals surface area contributed by atoms with Crippen molar-refractivity contribution in [3.63, 3.8) is 0 Å². The van der Waals surface area contributed by atoms with Crippen molar-refractivity contribution in [1.82, 2.24) is 0 Å². The number of phenolic OH excluding ortho intramolecular Hbond substituents is 2. The predicted molar refractivity (Wildman–Crippen MR) is 54.3 cm³/mol. The van der Waals surface area contributed by atoms with Crippen LogP contribution in [0.5, 0.6) is 11.5 Å². The quantitative estimate of drug-likeness (QED) is 0.711. The van der Waals surface area contributed by atoms with Crippen LogP contribution in [0.15, 0.2) is 18.2 Å². The molecule has 0 aliphatic rings. The van der Waals surface area contributed by atoms with Gasteiger partial charge >= 0.3 is 0 Å². The highest BCUT2D eigenvalue weighted by Crippen LogP contribution is 2.20. The van der Waals surface area contributed by atoms with Gasteiger partial charge in [0.1, 0.15) is 11.5 Å². The van der Waals surface area contributed by atoms with Gasteiger partial charge in [-0.1, -0.05) is 13.3 Å². The summed E-state index contributed by atoms with van der Waals surface area (Å²) in [6.45, 7) is 3.25. The van der Waals surface area contributed by atoms with E-state index in [0.29, 0.717) is 13.2 Å². The Labute approximate surface area is 84.0 Å². The highest BCUT2D eigenvalue weighted by atomic mass is 16.5. The van der Waals surface area contributed by atoms with E-state index in [1.807, 2.05) is 0 Å². The molecule has 78 valence electrons. The number of phenols is 2. The van der Waals surface area contributed by atoms with Crippen LogP contribution in [0, 0.1) is 0 Å². The SMILES string of the molecule is CCCCOCc1cc(O)cc(O)c1. The Hall–Kier alpha value is -1.22. The van der Waals surface area contributed by atoms with Gasteiger partial charge in [0, 0.05) is 12.7 Å². The third kappa shape index (κ3) is 3.66. The van der Waals surface area contributed by atoms with Crippen LogP contribution in [0.4, 0.5) is 0 Å². The Kier molecular flexibility index (Phi) is 4.26. The van der Waals surface area contributed by atoms with E-state index in [9.17, 15) is 10.2 Å². The standard InChI is InChI=1S/C11H16O3/c1-2-3-4-14-8-9-5-10(12)7-11(13)6-9/h5-7,12-13H,2-4,8H2,1H3. The molecular formula is C11H16O3. The minimum absolute atomic E-state index is 0.0686. The maximum atomic E-state index is 9.18. The zero-order valence-corrected chi connectivity index (χ0v) is 8.36. The van der Waals surface area contributed by atoms with Gasteiger partial charge in [0.25, 0.3) is 0 Å². The monoisotopic (exact) mass is 196 g/mol. The summed E-state index contributed by atoms with van der Waals surface area (Å²) in [5.74, 6) is 0.137. The number of rotatable bonds is 5. The molecule has 0 aromatic heterocycles. The highest BCUT2D eigenvalue weighted by molar-refractivity contribution is 5.36. The fraction of sp³-hybridized carbons (Fsp3) is 0.455. The van der Waals surface area contributed by atoms with Gasteiger partial charge in [-0.15, -0.1) is 0 Å². The highest BCUT2D eigenvalue weighted by Gasteiger charge is 1.98. The third-order valence-electron chi connectivity index (χ3n) is 1.87. The molecule has 0 atom stereocenters. The van der Waals surface area contributed by atoms with Crippen LogP contribution in [0.3, 0.4) is 0 Å². The van der Waals surface area contributed by atoms with Gasteiger partial charge in [-0.3, -0.25) is 0 Å². The zero-order chi connectivity index (χ0) is 10.4. The molecule has 0 aliphatic heterocycles. The van der Waals surface area contributed by atoms with Crippen LogP contribution in [0.1, 0.15) is 25.3 Å². The average Bonchev–Trinajstić information content (AvgIpc) is 2.11. The van der Waals surface area contributed by atoms with Crippen molar-refractivity contribution < 1.29 is 14.9 Å². The largest absolute Gasteiger partial charge is 0.508 e. The minimum atomic E-state index is 0.0686. The molecule has 0 heterocycles. The molecule has 1 rings (SSSR count). The maximum absolute atomic E-state index is 9.18. The first-order valence-corrected chi connectivity index (χ1v) is 4.82. The summed E-state index contributed by atoms with van der Waals surface area (Å²) in [7, 11) is 0. The number of hydrogen-bond donors (Lipinski definition) is 2. The number of aromatic hydroxyl groups is 2. The number of benzene rings is 1. The predicted octanol–water partition coefficient (Wildman–Crippen LogP) is 2.41. The molecule has 2 N–H and O–H groups in total. The second-order valence-electron chi connectivity index (χ2n) is 3.26. The second-order valence-corrected chi connectivity index (χ2v) is 3.26. The van der Waals surface area contributed by atoms with E-state index in [0.717, 1.165) is 18.4 Å². The Bertz CT molecular complexity index is 264. The van der Waals surface area contributed by atoms with Crippen molar-refractivity contribution in [2.75, 3.05) is 6.61 Å². The van der Waals surface area contributed by atoms with Crippen LogP contribution >= 0.6 is 0 Å². The van der Waals surface area contributed by atoms with E-state index in [1.165, 1.54) is 6.07 Å². The molecule has 0 amide bonds. The van der Waals surface area contributed by atoms with Gasteiger partial charge in [0.2, 0.25) is 0 Å². The van der Waals surface area contributed by atoms with E-state index >= 15 is 0 Å². The molecule has 0 radical (unpaired) electrons. The number of ether oxygens (including phenoxy) is 1. The topological polar surface area (TPSA) is 49.7 Å². The lowest BCUT2D eigenvalue weighted by Gasteiger charge is -2.04. The molecule has 14 heavy (non-hydrogen) atoms. The molecule has 0 fully saturated rings. The molecule has 0 aliphatic carbocycles. The molecule has 3 heteroatoms. The van der Waals surface area contributed by atoms with Crippen molar-refractivity contribution in [2.45, 2.75) is 26.4 Å². The fourth-order valence-electron chi connectivity index (χ4n) is 1.18. The van der Waals surface area contributed by atoms with Crippen molar-refractivity contribution in [3.8, 4) is 11.5 Å². The summed E-state index contributed by atoms with van der Waals surface area (Å²) in [4.78, 5) is 0. The van der Waals surface area contributed by atoms with Gasteiger partial charge in [-0.2, -0.15) is 0 Å². The number of unbranched alkanes of at least 4 members (excludes halogenated alkanes) is 1. The second kappa shape index (κ2) is 5.50. The molecule has 0 saturated heterocycles. The average molecular weight is 196 g/mol. The van der Waals surface area contributed by atoms with Gasteiger partial charge in [0.05, 0.1) is 6.61 Å². The minimum Gasteiger partial charge on any atom is -0.508 e. The van der Waals surface area contributed by atoms with Crippen molar-refractivity contribution in [3.05, 3.63) is 23.8 Å². The molecule has 1 aromatic carbocycles. The summed E-state index contributed by atoms with van der Waals surface area (Å²) in [6, 6.07) is 4.48. The summed E-state index contributed by atoms with van der Waals surface area (Å²) >= 11 is 0. The third-order valence-corrected chi connectivity index (χ3v) is 1.87. The normalized spacial score (nSPS) is 10.4. The van der Waals surface area contributed by atoms with E-state index in [4.69, 9.17) is 4.74 Å². The van der Waals surface area contributed by atoms with E-state index < -0.39 is 0 Å². The number of hydrogen-bond acceptors (Lipinski definition) is 3. The Morgan fingerprint density at radius 1 is 1.14 bits per heavy atom. The molecule has 1 aromatic rings. The van der Waals surface area contributed by atoms with Gasteiger partial charge < -0.3 is 14.9 Å². The molecule has 0 saturated carbocycles. The summed E-state index contributed by atoms with van der Waals surface area (Å²) in [5.41, 5.74) is 0.790. The summed E-state index contributed by atoms with van der Waals surface area (Å²) < 4.78 is 5.35. The van der Waals surface area contributed by atoms with Crippen molar-refractivity contribution in [1.29, 1.82) is 0 Å². The first-order chi connectivity index (χ1) is 6.72. The van der Waals surface area contributed by atoms with E-state index in [2.05, 4.69) is 6.92 Å². The Morgan fingerprint density at radius 3 is 2.36 bits per heavy atom. The van der Waals surface area contributed by atoms with Crippen LogP contribution < -0.4 is 0 Å². The zero-order valence-electron chi connectivity index (χ0n) is 8.36. The van der Waals surface area contributed by atoms with Crippen LogP contribution in [0.2, 0.25) is 0 Å². The van der Waals surface area contributed by atoms with Crippen molar-refractivity contribution >= 4 is 0 Å². The lowest BCUT2D eigenvalue weighted by Crippen LogP contribution is -1.94. The van der Waals surface area contributed by atoms with Crippen LogP contribution in [-0.2, 0) is 11.3 Å². The van der Waals surface area contributed by atoms with Gasteiger partial charge in [-0.25, -0.2) is 0 Å². The summed E-state index contributed by atoms with van der Waals surface area (Å²) in [6.07, 6.45) is 2.14. The maximum Gasteiger partial charge on any atom is 0.119 e. The van der Waals surface area contributed by atoms with Crippen LogP contribution in [0.25, 0.3) is 0 Å². The molecule has 0 bridgehead atoms. The fourth-order valence-corrected chi connectivity index (χ4v) is 1.18. The van der Waals surface area contributed by atoms with Crippen molar-refractivity contribution in [2.24, 2.45) is 0 Å².